The van der Waals surface area contributed by atoms with Gasteiger partial charge < -0.3 is 23.6 Å². The monoisotopic (exact) mass is 464 g/mol. The molecular weight excluding hydrogens is 429 g/mol. The average Bonchev–Trinajstić information content (AvgIpc) is 2.57. The van der Waals surface area contributed by atoms with Crippen LogP contribution in [0, 0.1) is 5.92 Å². The van der Waals surface area contributed by atoms with Crippen LogP contribution in [0.3, 0.4) is 0 Å². The van der Waals surface area contributed by atoms with Crippen molar-refractivity contribution >= 4 is 7.82 Å². The summed E-state index contributed by atoms with van der Waals surface area (Å²) < 4.78 is 20.6. The maximum absolute atomic E-state index is 10.3. The van der Waals surface area contributed by atoms with Gasteiger partial charge in [-0.1, -0.05) is 82.6 Å². The van der Waals surface area contributed by atoms with Crippen molar-refractivity contribution in [3.63, 3.8) is 0 Å². The van der Waals surface area contributed by atoms with E-state index in [2.05, 4.69) is 42.7 Å². The maximum Gasteiger partial charge on any atom is 1.00 e. The molecule has 0 aliphatic heterocycles. The Bertz CT molecular complexity index is 481. The predicted octanol–water partition coefficient (Wildman–Crippen LogP) is -1.72. The van der Waals surface area contributed by atoms with E-state index in [9.17, 15) is 14.4 Å². The molecule has 28 heavy (non-hydrogen) atoms. The normalized spacial score (nSPS) is 21.2. The Morgan fingerprint density at radius 3 is 1.79 bits per heavy atom. The maximum atomic E-state index is 10.3. The topological polar surface area (TPSA) is 81.7 Å². The van der Waals surface area contributed by atoms with E-state index in [1.54, 1.807) is 0 Å². The van der Waals surface area contributed by atoms with E-state index in [1.807, 2.05) is 0 Å². The molecule has 0 saturated heterocycles. The second-order valence-electron chi connectivity index (χ2n) is 7.38. The molecule has 0 amide bonds. The van der Waals surface area contributed by atoms with Crippen molar-refractivity contribution in [1.29, 1.82) is 0 Å². The molecule has 0 aromatic rings. The van der Waals surface area contributed by atoms with Crippen molar-refractivity contribution in [3.8, 4) is 0 Å². The van der Waals surface area contributed by atoms with Gasteiger partial charge in [0.1, 0.15) is 0 Å². The number of hydrogen-bond donors (Lipinski definition) is 0. The number of allylic oxidation sites excluding steroid dienone is 2. The second-order valence-corrected chi connectivity index (χ2v) is 8.53. The van der Waals surface area contributed by atoms with Crippen LogP contribution in [-0.4, -0.2) is 18.8 Å². The van der Waals surface area contributed by atoms with Gasteiger partial charge in [-0.25, -0.2) is 0 Å². The van der Waals surface area contributed by atoms with Gasteiger partial charge in [-0.15, -0.1) is 0 Å². The predicted molar refractivity (Wildman–Crippen MR) is 102 cm³/mol. The summed E-state index contributed by atoms with van der Waals surface area (Å²) in [6, 6.07) is 0. The first-order valence-corrected chi connectivity index (χ1v) is 11.5. The molecule has 0 fully saturated rings. The molecule has 1 aliphatic rings. The van der Waals surface area contributed by atoms with E-state index < -0.39 is 7.82 Å². The summed E-state index contributed by atoms with van der Waals surface area (Å²) in [5, 5.41) is 0. The molecule has 2 unspecified atom stereocenters. The molecule has 0 heterocycles. The zero-order chi connectivity index (χ0) is 19.3. The number of ether oxygens (including phenoxy) is 1. The van der Waals surface area contributed by atoms with Gasteiger partial charge in [0.05, 0.1) is 20.0 Å². The summed E-state index contributed by atoms with van der Waals surface area (Å²) in [6.07, 6.45) is 19.6. The van der Waals surface area contributed by atoms with Gasteiger partial charge in [-0.3, -0.25) is 0 Å². The molecule has 0 bridgehead atoms. The SMILES string of the molecule is CC1C=CC=CC1(C)OCCCCCCCCCCCCOP(=O)([O-])[O-].[K+].[K+]. The Labute approximate surface area is 256 Å². The molecule has 1 aliphatic carbocycles. The molecule has 0 saturated carbocycles. The Morgan fingerprint density at radius 2 is 1.32 bits per heavy atom. The van der Waals surface area contributed by atoms with Crippen LogP contribution in [0.1, 0.15) is 78.1 Å². The first kappa shape index (κ1) is 33.0. The van der Waals surface area contributed by atoms with Crippen molar-refractivity contribution in [2.75, 3.05) is 13.2 Å². The number of hydrogen-bond acceptors (Lipinski definition) is 5. The van der Waals surface area contributed by atoms with E-state index in [1.165, 1.54) is 32.1 Å². The summed E-state index contributed by atoms with van der Waals surface area (Å²) in [7, 11) is -4.78. The third-order valence-corrected chi connectivity index (χ3v) is 5.54. The van der Waals surface area contributed by atoms with Gasteiger partial charge in [0.15, 0.2) is 0 Å². The Hall–Kier alpha value is 2.82. The minimum Gasteiger partial charge on any atom is -0.790 e. The first-order chi connectivity index (χ1) is 12.3. The fourth-order valence-electron chi connectivity index (χ4n) is 3.09. The molecule has 8 heteroatoms. The van der Waals surface area contributed by atoms with Crippen molar-refractivity contribution in [2.45, 2.75) is 83.7 Å². The molecule has 0 aromatic heterocycles. The minimum absolute atomic E-state index is 0. The van der Waals surface area contributed by atoms with Gasteiger partial charge in [-0.05, 0) is 19.8 Å². The van der Waals surface area contributed by atoms with Gasteiger partial charge >= 0.3 is 103 Å². The van der Waals surface area contributed by atoms with Crippen LogP contribution in [0.4, 0.5) is 0 Å². The summed E-state index contributed by atoms with van der Waals surface area (Å²) in [5.41, 5.74) is -0.155. The number of phosphoric acid groups is 1. The number of rotatable bonds is 15. The number of phosphoric ester groups is 1. The van der Waals surface area contributed by atoms with E-state index in [0.717, 1.165) is 32.3 Å². The molecule has 0 N–H and O–H groups in total. The largest absolute Gasteiger partial charge is 1.00 e. The van der Waals surface area contributed by atoms with E-state index in [4.69, 9.17) is 4.74 Å². The van der Waals surface area contributed by atoms with Gasteiger partial charge in [0.2, 0.25) is 0 Å². The summed E-state index contributed by atoms with van der Waals surface area (Å²) in [5.74, 6) is 0.421. The summed E-state index contributed by atoms with van der Waals surface area (Å²) >= 11 is 0. The third-order valence-electron chi connectivity index (χ3n) is 5.04. The molecule has 0 radical (unpaired) electrons. The molecule has 0 spiro atoms. The summed E-state index contributed by atoms with van der Waals surface area (Å²) in [6.45, 7) is 5.19. The third kappa shape index (κ3) is 17.4. The van der Waals surface area contributed by atoms with E-state index in [-0.39, 0.29) is 115 Å². The molecular formula is C20H35K2O5P. The van der Waals surface area contributed by atoms with Crippen molar-refractivity contribution in [2.24, 2.45) is 5.92 Å². The molecule has 152 valence electrons. The average molecular weight is 465 g/mol. The van der Waals surface area contributed by atoms with Crippen molar-refractivity contribution < 1.29 is 126 Å². The van der Waals surface area contributed by atoms with Crippen molar-refractivity contribution in [3.05, 3.63) is 24.3 Å². The van der Waals surface area contributed by atoms with Crippen LogP contribution in [-0.2, 0) is 13.8 Å². The minimum atomic E-state index is -4.78. The quantitative estimate of drug-likeness (QED) is 0.164. The Balaban J connectivity index is 0. The zero-order valence-corrected chi connectivity index (χ0v) is 25.5. The molecule has 1 rings (SSSR count). The number of unbranched alkanes of at least 4 members (excludes halogenated alkanes) is 9. The second kappa shape index (κ2) is 19.3. The van der Waals surface area contributed by atoms with Crippen molar-refractivity contribution in [1.82, 2.24) is 0 Å². The van der Waals surface area contributed by atoms with Crippen LogP contribution in [0.15, 0.2) is 24.3 Å². The molecule has 2 atom stereocenters. The van der Waals surface area contributed by atoms with E-state index >= 15 is 0 Å². The fourth-order valence-corrected chi connectivity index (χ4v) is 3.44. The fraction of sp³-hybridized carbons (Fsp3) is 0.800. The van der Waals surface area contributed by atoms with Crippen LogP contribution in [0.25, 0.3) is 0 Å². The Kier molecular flexibility index (Phi) is 22.8. The summed E-state index contributed by atoms with van der Waals surface area (Å²) in [4.78, 5) is 20.6. The van der Waals surface area contributed by atoms with Crippen LogP contribution >= 0.6 is 7.82 Å². The van der Waals surface area contributed by atoms with Gasteiger partial charge in [0, 0.05) is 12.5 Å². The van der Waals surface area contributed by atoms with Gasteiger partial charge in [-0.2, -0.15) is 0 Å². The first-order valence-electron chi connectivity index (χ1n) is 10.00. The van der Waals surface area contributed by atoms with Crippen LogP contribution in [0.5, 0.6) is 0 Å². The van der Waals surface area contributed by atoms with Crippen LogP contribution in [0.2, 0.25) is 0 Å². The molecule has 5 nitrogen and oxygen atoms in total. The van der Waals surface area contributed by atoms with Crippen LogP contribution < -0.4 is 113 Å². The zero-order valence-electron chi connectivity index (χ0n) is 18.4. The smallest absolute Gasteiger partial charge is 0.790 e. The van der Waals surface area contributed by atoms with E-state index in [0.29, 0.717) is 12.3 Å². The van der Waals surface area contributed by atoms with Gasteiger partial charge in [0.25, 0.3) is 0 Å². The molecule has 0 aromatic carbocycles. The standard InChI is InChI=1S/C20H37O5P.2K/c1-19-15-11-12-16-20(19,2)24-17-13-9-7-5-3-4-6-8-10-14-18-25-26(21,22)23;;/h11-12,15-16,19H,3-10,13-14,17-18H2,1-2H3,(H2,21,22,23);;/q;2*+1/p-2. The Morgan fingerprint density at radius 1 is 0.857 bits per heavy atom.